The Hall–Kier alpha value is -1.83. The second-order valence-corrected chi connectivity index (χ2v) is 11.6. The van der Waals surface area contributed by atoms with Crippen LogP contribution < -0.4 is 4.90 Å². The van der Waals surface area contributed by atoms with Gasteiger partial charge in [0.15, 0.2) is 5.60 Å². The number of hydrogen-bond donors (Lipinski definition) is 1. The molecule has 2 fully saturated rings. The van der Waals surface area contributed by atoms with Crippen molar-refractivity contribution in [3.63, 3.8) is 0 Å². The summed E-state index contributed by atoms with van der Waals surface area (Å²) >= 11 is 3.46. The zero-order chi connectivity index (χ0) is 27.8. The maximum atomic E-state index is 12.9. The predicted octanol–water partition coefficient (Wildman–Crippen LogP) is 4.62. The monoisotopic (exact) mass is 575 g/mol. The molecule has 38 heavy (non-hydrogen) atoms. The molecular formula is C26H36F3N3O4S2. The molecule has 0 aliphatic carbocycles. The highest BCUT2D eigenvalue weighted by atomic mass is 32.2. The standard InChI is InChI=1S/C17H19F3N2OS2.C9H17NO3/c1-16(23,17(18,19)20)13-4-6-14(7-5-13)21-8-10-22(11-9-21)25-15-3-2-12-24-15;1-3-13-9(11)6-8-7-12-5-4-10(8)2/h2-7,12,23H,8-11H2,1H3;8H,3-7H2,1-2H3. The predicted molar refractivity (Wildman–Crippen MR) is 145 cm³/mol. The SMILES string of the molecule is CC(O)(c1ccc(N2CCN(Sc3cccs3)CC2)cc1)C(F)(F)F.CCOC(=O)CC1COCCN1C. The lowest BCUT2D eigenvalue weighted by atomic mass is 9.95. The Kier molecular flexibility index (Phi) is 11.3. The van der Waals surface area contributed by atoms with Gasteiger partial charge in [-0.1, -0.05) is 18.2 Å². The minimum atomic E-state index is -4.70. The first-order valence-corrected chi connectivity index (χ1v) is 14.2. The van der Waals surface area contributed by atoms with E-state index < -0.39 is 11.8 Å². The molecule has 4 rings (SSSR count). The number of piperazine rings is 1. The fraction of sp³-hybridized carbons (Fsp3) is 0.577. The number of anilines is 1. The van der Waals surface area contributed by atoms with E-state index in [0.717, 1.165) is 51.9 Å². The van der Waals surface area contributed by atoms with Gasteiger partial charge in [-0.05, 0) is 62.0 Å². The number of thiophene rings is 1. The van der Waals surface area contributed by atoms with Crippen molar-refractivity contribution in [2.24, 2.45) is 0 Å². The lowest BCUT2D eigenvalue weighted by Crippen LogP contribution is -2.44. The number of rotatable bonds is 7. The molecule has 1 N–H and O–H groups in total. The summed E-state index contributed by atoms with van der Waals surface area (Å²) in [6.07, 6.45) is -4.26. The summed E-state index contributed by atoms with van der Waals surface area (Å²) in [5.41, 5.74) is -2.10. The zero-order valence-electron chi connectivity index (χ0n) is 21.9. The summed E-state index contributed by atoms with van der Waals surface area (Å²) in [6, 6.07) is 10.3. The summed E-state index contributed by atoms with van der Waals surface area (Å²) < 4.78 is 52.4. The fourth-order valence-corrected chi connectivity index (χ4v) is 5.85. The molecule has 0 radical (unpaired) electrons. The Bertz CT molecular complexity index is 983. The number of ether oxygens (including phenoxy) is 2. The van der Waals surface area contributed by atoms with Gasteiger partial charge in [-0.15, -0.1) is 11.3 Å². The van der Waals surface area contributed by atoms with E-state index in [0.29, 0.717) is 19.6 Å². The van der Waals surface area contributed by atoms with Crippen LogP contribution in [0.3, 0.4) is 0 Å². The van der Waals surface area contributed by atoms with Gasteiger partial charge in [0.2, 0.25) is 0 Å². The lowest BCUT2D eigenvalue weighted by molar-refractivity contribution is -0.258. The molecule has 2 aromatic rings. The van der Waals surface area contributed by atoms with Crippen molar-refractivity contribution in [1.82, 2.24) is 9.21 Å². The highest BCUT2D eigenvalue weighted by molar-refractivity contribution is 7.98. The number of carbonyl (C=O) groups is 1. The average molecular weight is 576 g/mol. The van der Waals surface area contributed by atoms with Gasteiger partial charge in [0.25, 0.3) is 0 Å². The first-order chi connectivity index (χ1) is 18.0. The second-order valence-electron chi connectivity index (χ2n) is 9.27. The summed E-state index contributed by atoms with van der Waals surface area (Å²) in [5, 5.41) is 11.8. The van der Waals surface area contributed by atoms with Crippen LogP contribution in [-0.2, 0) is 19.9 Å². The number of morpholine rings is 1. The molecule has 0 spiro atoms. The molecule has 2 saturated heterocycles. The Morgan fingerprint density at radius 2 is 1.84 bits per heavy atom. The van der Waals surface area contributed by atoms with Gasteiger partial charge in [-0.25, -0.2) is 4.31 Å². The first kappa shape index (κ1) is 30.7. The third-order valence-corrected chi connectivity index (χ3v) is 8.64. The van der Waals surface area contributed by atoms with Crippen molar-refractivity contribution < 1.29 is 32.5 Å². The minimum absolute atomic E-state index is 0.134. The zero-order valence-corrected chi connectivity index (χ0v) is 23.6. The van der Waals surface area contributed by atoms with Crippen molar-refractivity contribution in [2.45, 2.75) is 42.3 Å². The summed E-state index contributed by atoms with van der Waals surface area (Å²) in [4.78, 5) is 15.4. The minimum Gasteiger partial charge on any atom is -0.466 e. The van der Waals surface area contributed by atoms with Crippen LogP contribution >= 0.6 is 23.3 Å². The van der Waals surface area contributed by atoms with Crippen LogP contribution in [0.1, 0.15) is 25.8 Å². The van der Waals surface area contributed by atoms with Crippen LogP contribution in [0.4, 0.5) is 18.9 Å². The quantitative estimate of drug-likeness (QED) is 0.379. The molecule has 3 heterocycles. The molecule has 7 nitrogen and oxygen atoms in total. The van der Waals surface area contributed by atoms with Gasteiger partial charge in [0.05, 0.1) is 30.5 Å². The van der Waals surface area contributed by atoms with Crippen molar-refractivity contribution in [3.8, 4) is 0 Å². The number of nitrogens with zero attached hydrogens (tertiary/aromatic N) is 3. The van der Waals surface area contributed by atoms with Gasteiger partial charge in [-0.2, -0.15) is 13.2 Å². The number of alkyl halides is 3. The first-order valence-electron chi connectivity index (χ1n) is 12.6. The van der Waals surface area contributed by atoms with E-state index in [4.69, 9.17) is 9.47 Å². The highest BCUT2D eigenvalue weighted by Gasteiger charge is 2.51. The normalized spacial score (nSPS) is 20.8. The van der Waals surface area contributed by atoms with Crippen molar-refractivity contribution in [2.75, 3.05) is 64.5 Å². The number of hydrogen-bond acceptors (Lipinski definition) is 9. The number of aliphatic hydroxyl groups is 1. The van der Waals surface area contributed by atoms with E-state index in [9.17, 15) is 23.1 Å². The number of likely N-dealkylation sites (N-methyl/N-ethyl adjacent to an activating group) is 1. The molecule has 0 saturated carbocycles. The summed E-state index contributed by atoms with van der Waals surface area (Å²) in [7, 11) is 2.01. The summed E-state index contributed by atoms with van der Waals surface area (Å²) in [6.45, 7) is 8.73. The molecule has 2 aliphatic rings. The topological polar surface area (TPSA) is 65.5 Å². The molecule has 12 heteroatoms. The van der Waals surface area contributed by atoms with E-state index >= 15 is 0 Å². The van der Waals surface area contributed by atoms with E-state index in [2.05, 4.69) is 25.6 Å². The van der Waals surface area contributed by atoms with Crippen LogP contribution in [0.25, 0.3) is 0 Å². The van der Waals surface area contributed by atoms with Gasteiger partial charge in [-0.3, -0.25) is 9.69 Å². The van der Waals surface area contributed by atoms with Gasteiger partial charge in [0.1, 0.15) is 0 Å². The van der Waals surface area contributed by atoms with Crippen LogP contribution in [-0.4, -0.2) is 92.1 Å². The molecule has 1 aromatic carbocycles. The highest BCUT2D eigenvalue weighted by Crippen LogP contribution is 2.39. The van der Waals surface area contributed by atoms with Crippen LogP contribution in [0.5, 0.6) is 0 Å². The van der Waals surface area contributed by atoms with E-state index in [-0.39, 0.29) is 17.6 Å². The Balaban J connectivity index is 0.000000260. The van der Waals surface area contributed by atoms with Crippen molar-refractivity contribution in [1.29, 1.82) is 0 Å². The number of esters is 1. The number of carbonyl (C=O) groups excluding carboxylic acids is 1. The molecule has 0 amide bonds. The van der Waals surface area contributed by atoms with Crippen LogP contribution in [0.15, 0.2) is 46.0 Å². The van der Waals surface area contributed by atoms with Crippen LogP contribution in [0, 0.1) is 0 Å². The molecule has 2 unspecified atom stereocenters. The maximum Gasteiger partial charge on any atom is 0.421 e. The average Bonchev–Trinajstić information content (AvgIpc) is 3.39. The molecule has 0 bridgehead atoms. The third kappa shape index (κ3) is 8.59. The van der Waals surface area contributed by atoms with Crippen LogP contribution in [0.2, 0.25) is 0 Å². The van der Waals surface area contributed by atoms with E-state index in [1.807, 2.05) is 20.0 Å². The molecule has 2 atom stereocenters. The Morgan fingerprint density at radius 3 is 2.39 bits per heavy atom. The van der Waals surface area contributed by atoms with E-state index in [1.54, 1.807) is 35.4 Å². The lowest BCUT2D eigenvalue weighted by Gasteiger charge is -2.35. The molecule has 212 valence electrons. The van der Waals surface area contributed by atoms with Gasteiger partial charge >= 0.3 is 12.1 Å². The molecular weight excluding hydrogens is 539 g/mol. The number of halogens is 3. The summed E-state index contributed by atoms with van der Waals surface area (Å²) in [5.74, 6) is -0.134. The Morgan fingerprint density at radius 1 is 1.16 bits per heavy atom. The maximum absolute atomic E-state index is 12.9. The van der Waals surface area contributed by atoms with E-state index in [1.165, 1.54) is 16.3 Å². The molecule has 2 aliphatic heterocycles. The van der Waals surface area contributed by atoms with Crippen molar-refractivity contribution >= 4 is 34.9 Å². The Labute approximate surface area is 230 Å². The van der Waals surface area contributed by atoms with Gasteiger partial charge < -0.3 is 19.5 Å². The number of benzene rings is 1. The second kappa shape index (κ2) is 14.0. The van der Waals surface area contributed by atoms with Gasteiger partial charge in [0, 0.05) is 44.5 Å². The third-order valence-electron chi connectivity index (χ3n) is 6.53. The largest absolute Gasteiger partial charge is 0.466 e. The molecule has 1 aromatic heterocycles. The fourth-order valence-electron chi connectivity index (χ4n) is 4.01. The van der Waals surface area contributed by atoms with Crippen molar-refractivity contribution in [3.05, 3.63) is 47.3 Å². The smallest absolute Gasteiger partial charge is 0.421 e.